The summed E-state index contributed by atoms with van der Waals surface area (Å²) >= 11 is 0. The molecule has 0 saturated carbocycles. The van der Waals surface area contributed by atoms with Crippen molar-refractivity contribution >= 4 is 16.7 Å². The van der Waals surface area contributed by atoms with E-state index in [9.17, 15) is 9.00 Å². The maximum absolute atomic E-state index is 12.3. The van der Waals surface area contributed by atoms with Crippen LogP contribution in [-0.4, -0.2) is 39.6 Å². The van der Waals surface area contributed by atoms with Gasteiger partial charge in [-0.2, -0.15) is 0 Å². The molecule has 2 heterocycles. The van der Waals surface area contributed by atoms with Gasteiger partial charge in [0, 0.05) is 54.0 Å². The molecule has 2 aliphatic rings. The lowest BCUT2D eigenvalue weighted by Gasteiger charge is -2.26. The van der Waals surface area contributed by atoms with Crippen LogP contribution in [0.3, 0.4) is 0 Å². The van der Waals surface area contributed by atoms with Crippen LogP contribution in [0.4, 0.5) is 0 Å². The van der Waals surface area contributed by atoms with Gasteiger partial charge in [0.05, 0.1) is 0 Å². The SMILES string of the molecule is O=C(c1ccc2c(c1)CNC2)N1CCS(=O)CC1. The number of nitrogens with zero attached hydrogens (tertiary/aromatic N) is 1. The molecule has 0 aliphatic carbocycles. The van der Waals surface area contributed by atoms with Crippen LogP contribution in [0.2, 0.25) is 0 Å². The second-order valence-electron chi connectivity index (χ2n) is 4.73. The van der Waals surface area contributed by atoms with E-state index in [0.29, 0.717) is 24.6 Å². The zero-order valence-corrected chi connectivity index (χ0v) is 11.0. The molecule has 0 atom stereocenters. The van der Waals surface area contributed by atoms with Crippen molar-refractivity contribution in [3.05, 3.63) is 34.9 Å². The summed E-state index contributed by atoms with van der Waals surface area (Å²) in [5.41, 5.74) is 3.26. The van der Waals surface area contributed by atoms with Crippen molar-refractivity contribution in [3.63, 3.8) is 0 Å². The molecule has 2 aliphatic heterocycles. The summed E-state index contributed by atoms with van der Waals surface area (Å²) in [7, 11) is -0.737. The summed E-state index contributed by atoms with van der Waals surface area (Å²) in [6.45, 7) is 2.97. The predicted octanol–water partition coefficient (Wildman–Crippen LogP) is 0.494. The highest BCUT2D eigenvalue weighted by Gasteiger charge is 2.22. The third kappa shape index (κ3) is 2.20. The van der Waals surface area contributed by atoms with Gasteiger partial charge in [0.15, 0.2) is 0 Å². The quantitative estimate of drug-likeness (QED) is 0.803. The number of carbonyl (C=O) groups excluding carboxylic acids is 1. The minimum absolute atomic E-state index is 0.0707. The average molecular weight is 264 g/mol. The standard InChI is InChI=1S/C13H16N2O2S/c16-13(15-3-5-18(17)6-4-15)10-1-2-11-8-14-9-12(11)7-10/h1-2,7,14H,3-6,8-9H2. The first-order valence-electron chi connectivity index (χ1n) is 6.21. The van der Waals surface area contributed by atoms with Crippen LogP contribution in [0.1, 0.15) is 21.5 Å². The molecule has 1 saturated heterocycles. The molecule has 4 nitrogen and oxygen atoms in total. The Kier molecular flexibility index (Phi) is 3.18. The number of amides is 1. The van der Waals surface area contributed by atoms with Crippen LogP contribution in [-0.2, 0) is 23.9 Å². The van der Waals surface area contributed by atoms with E-state index < -0.39 is 10.8 Å². The smallest absolute Gasteiger partial charge is 0.253 e. The normalized spacial score (nSPS) is 19.9. The molecule has 0 spiro atoms. The van der Waals surface area contributed by atoms with Crippen LogP contribution in [0, 0.1) is 0 Å². The van der Waals surface area contributed by atoms with Crippen molar-refractivity contribution < 1.29 is 9.00 Å². The van der Waals surface area contributed by atoms with Gasteiger partial charge in [-0.05, 0) is 23.3 Å². The molecule has 0 aromatic heterocycles. The molecule has 1 fully saturated rings. The van der Waals surface area contributed by atoms with Crippen molar-refractivity contribution in [2.45, 2.75) is 13.1 Å². The van der Waals surface area contributed by atoms with E-state index in [-0.39, 0.29) is 5.91 Å². The van der Waals surface area contributed by atoms with Gasteiger partial charge in [0.1, 0.15) is 0 Å². The van der Waals surface area contributed by atoms with E-state index in [1.807, 2.05) is 23.1 Å². The number of rotatable bonds is 1. The molecule has 18 heavy (non-hydrogen) atoms. The van der Waals surface area contributed by atoms with Gasteiger partial charge in [0.2, 0.25) is 0 Å². The maximum atomic E-state index is 12.3. The van der Waals surface area contributed by atoms with Crippen LogP contribution >= 0.6 is 0 Å². The number of nitrogens with one attached hydrogen (secondary N) is 1. The Morgan fingerprint density at radius 2 is 1.89 bits per heavy atom. The lowest BCUT2D eigenvalue weighted by molar-refractivity contribution is 0.0771. The topological polar surface area (TPSA) is 49.4 Å². The summed E-state index contributed by atoms with van der Waals surface area (Å²) in [5.74, 6) is 1.29. The molecule has 0 bridgehead atoms. The highest BCUT2D eigenvalue weighted by atomic mass is 32.2. The number of hydrogen-bond acceptors (Lipinski definition) is 3. The predicted molar refractivity (Wildman–Crippen MR) is 70.8 cm³/mol. The lowest BCUT2D eigenvalue weighted by Crippen LogP contribution is -2.41. The van der Waals surface area contributed by atoms with Gasteiger partial charge in [0.25, 0.3) is 5.91 Å². The van der Waals surface area contributed by atoms with Crippen LogP contribution in [0.25, 0.3) is 0 Å². The van der Waals surface area contributed by atoms with Gasteiger partial charge in [-0.1, -0.05) is 6.07 Å². The zero-order valence-electron chi connectivity index (χ0n) is 10.1. The molecular weight excluding hydrogens is 248 g/mol. The third-order valence-electron chi connectivity index (χ3n) is 3.55. The summed E-state index contributed by atoms with van der Waals surface area (Å²) in [5, 5.41) is 3.27. The van der Waals surface area contributed by atoms with E-state index in [0.717, 1.165) is 18.7 Å². The molecule has 96 valence electrons. The van der Waals surface area contributed by atoms with Crippen LogP contribution in [0.15, 0.2) is 18.2 Å². The average Bonchev–Trinajstić information content (AvgIpc) is 2.86. The highest BCUT2D eigenvalue weighted by Crippen LogP contribution is 2.18. The van der Waals surface area contributed by atoms with E-state index in [1.54, 1.807) is 0 Å². The number of carbonyl (C=O) groups is 1. The molecular formula is C13H16N2O2S. The molecule has 1 amide bonds. The molecule has 5 heteroatoms. The molecule has 1 N–H and O–H groups in total. The monoisotopic (exact) mass is 264 g/mol. The van der Waals surface area contributed by atoms with Crippen LogP contribution in [0.5, 0.6) is 0 Å². The van der Waals surface area contributed by atoms with Crippen molar-refractivity contribution in [1.29, 1.82) is 0 Å². The fourth-order valence-electron chi connectivity index (χ4n) is 2.45. The second-order valence-corrected chi connectivity index (χ2v) is 6.42. The van der Waals surface area contributed by atoms with E-state index in [2.05, 4.69) is 5.32 Å². The third-order valence-corrected chi connectivity index (χ3v) is 4.82. The van der Waals surface area contributed by atoms with E-state index >= 15 is 0 Å². The summed E-state index contributed by atoms with van der Waals surface area (Å²) in [4.78, 5) is 14.1. The largest absolute Gasteiger partial charge is 0.337 e. The minimum atomic E-state index is -0.737. The zero-order chi connectivity index (χ0) is 12.5. The summed E-state index contributed by atoms with van der Waals surface area (Å²) in [6, 6.07) is 5.92. The molecule has 0 radical (unpaired) electrons. The van der Waals surface area contributed by atoms with Gasteiger partial charge in [-0.25, -0.2) is 0 Å². The number of fused-ring (bicyclic) bond motifs is 1. The number of benzene rings is 1. The van der Waals surface area contributed by atoms with E-state index in [4.69, 9.17) is 0 Å². The second kappa shape index (κ2) is 4.82. The fraction of sp³-hybridized carbons (Fsp3) is 0.462. The van der Waals surface area contributed by atoms with E-state index in [1.165, 1.54) is 11.1 Å². The Morgan fingerprint density at radius 1 is 1.17 bits per heavy atom. The Balaban J connectivity index is 1.78. The van der Waals surface area contributed by atoms with Crippen molar-refractivity contribution in [2.75, 3.05) is 24.6 Å². The molecule has 1 aromatic carbocycles. The summed E-state index contributed by atoms with van der Waals surface area (Å²) < 4.78 is 11.3. The first-order chi connectivity index (χ1) is 8.74. The first kappa shape index (κ1) is 11.9. The Labute approximate surface area is 109 Å². The van der Waals surface area contributed by atoms with Gasteiger partial charge in [-0.15, -0.1) is 0 Å². The van der Waals surface area contributed by atoms with Crippen molar-refractivity contribution in [3.8, 4) is 0 Å². The Hall–Kier alpha value is -1.20. The van der Waals surface area contributed by atoms with Crippen LogP contribution < -0.4 is 5.32 Å². The fourth-order valence-corrected chi connectivity index (χ4v) is 3.50. The molecule has 1 aromatic rings. The maximum Gasteiger partial charge on any atom is 0.253 e. The van der Waals surface area contributed by atoms with Gasteiger partial charge in [-0.3, -0.25) is 9.00 Å². The van der Waals surface area contributed by atoms with Gasteiger partial charge < -0.3 is 10.2 Å². The molecule has 0 unspecified atom stereocenters. The minimum Gasteiger partial charge on any atom is -0.337 e. The van der Waals surface area contributed by atoms with Crippen molar-refractivity contribution in [2.24, 2.45) is 0 Å². The van der Waals surface area contributed by atoms with Gasteiger partial charge >= 0.3 is 0 Å². The lowest BCUT2D eigenvalue weighted by atomic mass is 10.1. The Bertz CT molecular complexity index is 506. The highest BCUT2D eigenvalue weighted by molar-refractivity contribution is 7.85. The number of hydrogen-bond donors (Lipinski definition) is 1. The Morgan fingerprint density at radius 3 is 2.67 bits per heavy atom. The van der Waals surface area contributed by atoms with Crippen molar-refractivity contribution in [1.82, 2.24) is 10.2 Å². The molecule has 3 rings (SSSR count). The summed E-state index contributed by atoms with van der Waals surface area (Å²) in [6.07, 6.45) is 0. The first-order valence-corrected chi connectivity index (χ1v) is 7.69.